The molecule has 4 rings (SSSR count). The highest BCUT2D eigenvalue weighted by atomic mass is 32.2. The molecule has 0 unspecified atom stereocenters. The Hall–Kier alpha value is -2.86. The summed E-state index contributed by atoms with van der Waals surface area (Å²) in [7, 11) is -3.79. The van der Waals surface area contributed by atoms with Crippen molar-refractivity contribution in [1.29, 1.82) is 0 Å². The Labute approximate surface area is 175 Å². The Morgan fingerprint density at radius 1 is 1.23 bits per heavy atom. The molecule has 2 aromatic heterocycles. The van der Waals surface area contributed by atoms with Gasteiger partial charge in [0.25, 0.3) is 16.4 Å². The second-order valence-electron chi connectivity index (χ2n) is 6.64. The lowest BCUT2D eigenvalue weighted by Crippen LogP contribution is -2.21. The zero-order valence-electron chi connectivity index (χ0n) is 15.5. The average molecular weight is 453 g/mol. The summed E-state index contributed by atoms with van der Waals surface area (Å²) in [6.07, 6.45) is 0.733. The number of aromatic nitrogens is 3. The van der Waals surface area contributed by atoms with Crippen LogP contribution < -0.4 is 10.0 Å². The van der Waals surface area contributed by atoms with Crippen molar-refractivity contribution >= 4 is 38.1 Å². The average Bonchev–Trinajstić information content (AvgIpc) is 3.41. The molecule has 1 aromatic carbocycles. The molecule has 0 fully saturated rings. The van der Waals surface area contributed by atoms with Crippen LogP contribution in [0.2, 0.25) is 0 Å². The number of anilines is 2. The van der Waals surface area contributed by atoms with Crippen LogP contribution in [0, 0.1) is 0 Å². The number of rotatable bonds is 7. The van der Waals surface area contributed by atoms with Gasteiger partial charge in [0.05, 0.1) is 4.90 Å². The molecule has 0 saturated carbocycles. The predicted octanol–water partition coefficient (Wildman–Crippen LogP) is 3.21. The number of alkyl halides is 2. The fourth-order valence-corrected chi connectivity index (χ4v) is 5.14. The molecule has 2 heterocycles. The fraction of sp³-hybridized carbons (Fsp3) is 0.278. The maximum Gasteiger partial charge on any atom is 0.282 e. The van der Waals surface area contributed by atoms with E-state index in [-0.39, 0.29) is 22.3 Å². The van der Waals surface area contributed by atoms with Crippen LogP contribution in [0.25, 0.3) is 0 Å². The molecule has 2 N–H and O–H groups in total. The standard InChI is InChI=1S/C18H17F2N5O3S2/c19-17(20)16-13-2-1-3-14(13)25(23-16)10-15(26)22-11-4-6-12(7-5-11)30(27,28)24-18-21-8-9-29-18/h4-9,17H,1-3,10H2,(H,21,24)(H,22,26). The molecule has 0 atom stereocenters. The smallest absolute Gasteiger partial charge is 0.282 e. The minimum absolute atomic E-state index is 0.0159. The van der Waals surface area contributed by atoms with Gasteiger partial charge in [0.2, 0.25) is 5.91 Å². The highest BCUT2D eigenvalue weighted by Gasteiger charge is 2.27. The molecule has 0 radical (unpaired) electrons. The molecule has 3 aromatic rings. The highest BCUT2D eigenvalue weighted by molar-refractivity contribution is 7.93. The van der Waals surface area contributed by atoms with E-state index in [2.05, 4.69) is 20.1 Å². The zero-order valence-corrected chi connectivity index (χ0v) is 17.1. The van der Waals surface area contributed by atoms with Crippen molar-refractivity contribution in [2.45, 2.75) is 37.1 Å². The summed E-state index contributed by atoms with van der Waals surface area (Å²) in [4.78, 5) is 16.3. The lowest BCUT2D eigenvalue weighted by Gasteiger charge is -2.09. The number of halogens is 2. The number of nitrogens with one attached hydrogen (secondary N) is 2. The summed E-state index contributed by atoms with van der Waals surface area (Å²) in [6, 6.07) is 5.61. The molecule has 158 valence electrons. The summed E-state index contributed by atoms with van der Waals surface area (Å²) in [5.74, 6) is -0.440. The number of carbonyl (C=O) groups excluding carboxylic acids is 1. The number of thiazole rings is 1. The van der Waals surface area contributed by atoms with Crippen molar-refractivity contribution in [3.63, 3.8) is 0 Å². The third-order valence-electron chi connectivity index (χ3n) is 4.64. The molecule has 0 saturated heterocycles. The third-order valence-corrected chi connectivity index (χ3v) is 6.81. The van der Waals surface area contributed by atoms with Crippen molar-refractivity contribution < 1.29 is 22.0 Å². The van der Waals surface area contributed by atoms with Gasteiger partial charge >= 0.3 is 0 Å². The van der Waals surface area contributed by atoms with E-state index in [9.17, 15) is 22.0 Å². The van der Waals surface area contributed by atoms with Crippen molar-refractivity contribution in [2.75, 3.05) is 10.0 Å². The second kappa shape index (κ2) is 8.11. The van der Waals surface area contributed by atoms with Crippen LogP contribution in [0.1, 0.15) is 29.8 Å². The molecule has 8 nitrogen and oxygen atoms in total. The maximum atomic E-state index is 13.1. The zero-order chi connectivity index (χ0) is 21.3. The predicted molar refractivity (Wildman–Crippen MR) is 107 cm³/mol. The van der Waals surface area contributed by atoms with Crippen LogP contribution in [0.3, 0.4) is 0 Å². The van der Waals surface area contributed by atoms with E-state index in [0.29, 0.717) is 29.8 Å². The van der Waals surface area contributed by atoms with Crippen LogP contribution in [-0.4, -0.2) is 29.1 Å². The molecule has 0 spiro atoms. The van der Waals surface area contributed by atoms with Crippen LogP contribution >= 0.6 is 11.3 Å². The molecule has 12 heteroatoms. The number of amides is 1. The van der Waals surface area contributed by atoms with E-state index >= 15 is 0 Å². The Balaban J connectivity index is 1.43. The minimum Gasteiger partial charge on any atom is -0.324 e. The topological polar surface area (TPSA) is 106 Å². The lowest BCUT2D eigenvalue weighted by molar-refractivity contribution is -0.117. The molecule has 0 bridgehead atoms. The first-order chi connectivity index (χ1) is 14.3. The summed E-state index contributed by atoms with van der Waals surface area (Å²) >= 11 is 1.16. The molecular formula is C18H17F2N5O3S2. The molecule has 0 aliphatic heterocycles. The Bertz CT molecular complexity index is 1160. The van der Waals surface area contributed by atoms with Crippen molar-refractivity contribution in [2.24, 2.45) is 0 Å². The summed E-state index contributed by atoms with van der Waals surface area (Å²) in [5, 5.41) is 8.44. The van der Waals surface area contributed by atoms with Crippen molar-refractivity contribution in [3.8, 4) is 0 Å². The second-order valence-corrected chi connectivity index (χ2v) is 9.21. The van der Waals surface area contributed by atoms with Gasteiger partial charge in [-0.05, 0) is 43.5 Å². The lowest BCUT2D eigenvalue weighted by atomic mass is 10.2. The van der Waals surface area contributed by atoms with Gasteiger partial charge in [-0.3, -0.25) is 14.2 Å². The Morgan fingerprint density at radius 3 is 2.67 bits per heavy atom. The highest BCUT2D eigenvalue weighted by Crippen LogP contribution is 2.31. The number of hydrogen-bond donors (Lipinski definition) is 2. The maximum absolute atomic E-state index is 13.1. The van der Waals surface area contributed by atoms with E-state index < -0.39 is 22.4 Å². The van der Waals surface area contributed by atoms with Crippen molar-refractivity contribution in [1.82, 2.24) is 14.8 Å². The van der Waals surface area contributed by atoms with E-state index in [4.69, 9.17) is 0 Å². The molecular weight excluding hydrogens is 436 g/mol. The third kappa shape index (κ3) is 4.19. The Kier molecular flexibility index (Phi) is 5.52. The van der Waals surface area contributed by atoms with Gasteiger partial charge in [-0.1, -0.05) is 0 Å². The van der Waals surface area contributed by atoms with E-state index in [1.807, 2.05) is 0 Å². The molecule has 1 aliphatic rings. The van der Waals surface area contributed by atoms with Gasteiger partial charge in [0.1, 0.15) is 12.2 Å². The first-order valence-electron chi connectivity index (χ1n) is 9.02. The van der Waals surface area contributed by atoms with E-state index in [1.54, 1.807) is 5.38 Å². The summed E-state index contributed by atoms with van der Waals surface area (Å²) in [6.45, 7) is -0.194. The van der Waals surface area contributed by atoms with Gasteiger partial charge in [-0.2, -0.15) is 5.10 Å². The number of sulfonamides is 1. The van der Waals surface area contributed by atoms with Crippen LogP contribution in [0.4, 0.5) is 19.6 Å². The van der Waals surface area contributed by atoms with Gasteiger partial charge < -0.3 is 5.32 Å². The fourth-order valence-electron chi connectivity index (χ4n) is 3.35. The normalized spacial score (nSPS) is 13.4. The van der Waals surface area contributed by atoms with Gasteiger partial charge in [0.15, 0.2) is 5.13 Å². The SMILES string of the molecule is O=C(Cn1nc(C(F)F)c2c1CCC2)Nc1ccc(S(=O)(=O)Nc2nccs2)cc1. The number of hydrogen-bond acceptors (Lipinski definition) is 6. The van der Waals surface area contributed by atoms with Crippen LogP contribution in [-0.2, 0) is 34.2 Å². The van der Waals surface area contributed by atoms with Gasteiger partial charge in [0, 0.05) is 28.5 Å². The number of benzene rings is 1. The number of fused-ring (bicyclic) bond motifs is 1. The quantitative estimate of drug-likeness (QED) is 0.572. The molecule has 1 amide bonds. The summed E-state index contributed by atoms with van der Waals surface area (Å²) < 4.78 is 54.6. The van der Waals surface area contributed by atoms with E-state index in [1.165, 1.54) is 35.1 Å². The minimum atomic E-state index is -3.79. The summed E-state index contributed by atoms with van der Waals surface area (Å²) in [5.41, 5.74) is 1.35. The van der Waals surface area contributed by atoms with Crippen LogP contribution in [0.5, 0.6) is 0 Å². The van der Waals surface area contributed by atoms with Gasteiger partial charge in [-0.15, -0.1) is 11.3 Å². The van der Waals surface area contributed by atoms with E-state index in [0.717, 1.165) is 17.8 Å². The largest absolute Gasteiger partial charge is 0.324 e. The monoisotopic (exact) mass is 453 g/mol. The molecule has 1 aliphatic carbocycles. The van der Waals surface area contributed by atoms with Crippen molar-refractivity contribution in [3.05, 3.63) is 52.8 Å². The molecule has 30 heavy (non-hydrogen) atoms. The first kappa shape index (κ1) is 20.4. The number of nitrogens with zero attached hydrogens (tertiary/aromatic N) is 3. The Morgan fingerprint density at radius 2 is 2.00 bits per heavy atom. The van der Waals surface area contributed by atoms with Gasteiger partial charge in [-0.25, -0.2) is 22.2 Å². The number of carbonyl (C=O) groups is 1. The van der Waals surface area contributed by atoms with Crippen LogP contribution in [0.15, 0.2) is 40.7 Å². The first-order valence-corrected chi connectivity index (χ1v) is 11.4.